The molecule has 2 aromatic rings. The van der Waals surface area contributed by atoms with Crippen LogP contribution in [-0.4, -0.2) is 35.6 Å². The van der Waals surface area contributed by atoms with Crippen LogP contribution in [0.5, 0.6) is 0 Å². The Balaban J connectivity index is 1.62. The molecule has 0 radical (unpaired) electrons. The van der Waals surface area contributed by atoms with E-state index in [4.69, 9.17) is 11.6 Å². The van der Waals surface area contributed by atoms with E-state index in [-0.39, 0.29) is 6.42 Å². The standard InChI is InChI=1S/C19H19ClN2O3/c20-16-9-5-4-6-14(16)10-12-21-17(23)19(25)11-13-22(18(19)24)15-7-2-1-3-8-15/h1-9,25H,10-13H2,(H,21,23)/t19-/m0/s1. The van der Waals surface area contributed by atoms with Gasteiger partial charge in [-0.15, -0.1) is 0 Å². The molecule has 2 amide bonds. The first-order valence-electron chi connectivity index (χ1n) is 8.13. The van der Waals surface area contributed by atoms with Crippen molar-refractivity contribution in [2.45, 2.75) is 18.4 Å². The average Bonchev–Trinajstić information content (AvgIpc) is 2.94. The molecule has 6 heteroatoms. The van der Waals surface area contributed by atoms with Gasteiger partial charge in [-0.05, 0) is 30.2 Å². The largest absolute Gasteiger partial charge is 0.372 e. The van der Waals surface area contributed by atoms with Crippen molar-refractivity contribution >= 4 is 29.1 Å². The van der Waals surface area contributed by atoms with E-state index in [9.17, 15) is 14.7 Å². The van der Waals surface area contributed by atoms with Gasteiger partial charge in [0, 0.05) is 30.2 Å². The number of carbonyl (C=O) groups is 2. The summed E-state index contributed by atoms with van der Waals surface area (Å²) in [7, 11) is 0. The van der Waals surface area contributed by atoms with Gasteiger partial charge >= 0.3 is 0 Å². The van der Waals surface area contributed by atoms with Crippen LogP contribution in [0.25, 0.3) is 0 Å². The number of hydrogen-bond acceptors (Lipinski definition) is 3. The van der Waals surface area contributed by atoms with Crippen LogP contribution in [0.3, 0.4) is 0 Å². The lowest BCUT2D eigenvalue weighted by Crippen LogP contribution is -2.52. The number of benzene rings is 2. The number of aliphatic hydroxyl groups is 1. The van der Waals surface area contributed by atoms with E-state index in [1.807, 2.05) is 36.4 Å². The Morgan fingerprint density at radius 3 is 2.56 bits per heavy atom. The second-order valence-corrected chi connectivity index (χ2v) is 6.41. The summed E-state index contributed by atoms with van der Waals surface area (Å²) >= 11 is 6.08. The second-order valence-electron chi connectivity index (χ2n) is 6.00. The monoisotopic (exact) mass is 358 g/mol. The predicted octanol–water partition coefficient (Wildman–Crippen LogP) is 2.17. The van der Waals surface area contributed by atoms with E-state index in [1.54, 1.807) is 18.2 Å². The molecule has 1 aliphatic rings. The van der Waals surface area contributed by atoms with Crippen LogP contribution in [0, 0.1) is 0 Å². The molecule has 25 heavy (non-hydrogen) atoms. The topological polar surface area (TPSA) is 69.6 Å². The fraction of sp³-hybridized carbons (Fsp3) is 0.263. The molecule has 2 aromatic carbocycles. The van der Waals surface area contributed by atoms with E-state index in [0.717, 1.165) is 5.56 Å². The first kappa shape index (κ1) is 17.5. The minimum atomic E-state index is -2.02. The lowest BCUT2D eigenvalue weighted by molar-refractivity contribution is -0.149. The molecule has 0 aliphatic carbocycles. The number of nitrogens with one attached hydrogen (secondary N) is 1. The molecule has 0 aromatic heterocycles. The summed E-state index contributed by atoms with van der Waals surface area (Å²) < 4.78 is 0. The summed E-state index contributed by atoms with van der Waals surface area (Å²) in [5, 5.41) is 13.9. The van der Waals surface area contributed by atoms with Gasteiger partial charge in [0.15, 0.2) is 0 Å². The highest BCUT2D eigenvalue weighted by Crippen LogP contribution is 2.28. The Bertz CT molecular complexity index is 781. The number of anilines is 1. The van der Waals surface area contributed by atoms with Crippen LogP contribution in [0.15, 0.2) is 54.6 Å². The van der Waals surface area contributed by atoms with E-state index >= 15 is 0 Å². The van der Waals surface area contributed by atoms with Gasteiger partial charge in [0.1, 0.15) is 0 Å². The van der Waals surface area contributed by atoms with Gasteiger partial charge < -0.3 is 15.3 Å². The minimum absolute atomic E-state index is 0.0681. The molecule has 1 atom stereocenters. The number of amides is 2. The Hall–Kier alpha value is -2.37. The van der Waals surface area contributed by atoms with Crippen LogP contribution < -0.4 is 10.2 Å². The molecular weight excluding hydrogens is 340 g/mol. The molecule has 1 saturated heterocycles. The predicted molar refractivity (Wildman–Crippen MR) is 96.5 cm³/mol. The highest BCUT2D eigenvalue weighted by atomic mass is 35.5. The van der Waals surface area contributed by atoms with E-state index < -0.39 is 17.4 Å². The van der Waals surface area contributed by atoms with Gasteiger partial charge in [-0.25, -0.2) is 0 Å². The van der Waals surface area contributed by atoms with Crippen molar-refractivity contribution in [3.63, 3.8) is 0 Å². The SMILES string of the molecule is O=C(NCCc1ccccc1Cl)[C@@]1(O)CCN(c2ccccc2)C1=O. The summed E-state index contributed by atoms with van der Waals surface area (Å²) in [6, 6.07) is 16.4. The fourth-order valence-corrected chi connectivity index (χ4v) is 3.16. The Labute approximate surface area is 151 Å². The number of nitrogens with zero attached hydrogens (tertiary/aromatic N) is 1. The average molecular weight is 359 g/mol. The summed E-state index contributed by atoms with van der Waals surface area (Å²) in [5.74, 6) is -1.25. The first-order chi connectivity index (χ1) is 12.0. The van der Waals surface area contributed by atoms with E-state index in [1.165, 1.54) is 4.90 Å². The number of rotatable bonds is 5. The third-order valence-electron chi connectivity index (χ3n) is 4.38. The second kappa shape index (κ2) is 7.25. The maximum Gasteiger partial charge on any atom is 0.268 e. The molecule has 1 fully saturated rings. The zero-order valence-corrected chi connectivity index (χ0v) is 14.4. The quantitative estimate of drug-likeness (QED) is 0.805. The summed E-state index contributed by atoms with van der Waals surface area (Å²) in [5.41, 5.74) is -0.441. The molecule has 3 rings (SSSR count). The lowest BCUT2D eigenvalue weighted by atomic mass is 10.0. The molecular formula is C19H19ClN2O3. The van der Waals surface area contributed by atoms with Crippen LogP contribution in [-0.2, 0) is 16.0 Å². The smallest absolute Gasteiger partial charge is 0.268 e. The van der Waals surface area contributed by atoms with Crippen LogP contribution in [0.2, 0.25) is 5.02 Å². The summed E-state index contributed by atoms with van der Waals surface area (Å²) in [6.45, 7) is 0.598. The van der Waals surface area contributed by atoms with Gasteiger partial charge in [0.05, 0.1) is 0 Å². The molecule has 0 unspecified atom stereocenters. The highest BCUT2D eigenvalue weighted by Gasteiger charge is 2.51. The van der Waals surface area contributed by atoms with Gasteiger partial charge in [0.2, 0.25) is 5.60 Å². The van der Waals surface area contributed by atoms with Gasteiger partial charge in [-0.1, -0.05) is 48.0 Å². The van der Waals surface area contributed by atoms with Crippen molar-refractivity contribution in [2.24, 2.45) is 0 Å². The number of para-hydroxylation sites is 1. The van der Waals surface area contributed by atoms with Crippen molar-refractivity contribution in [2.75, 3.05) is 18.0 Å². The van der Waals surface area contributed by atoms with Crippen molar-refractivity contribution in [1.82, 2.24) is 5.32 Å². The number of carbonyl (C=O) groups excluding carboxylic acids is 2. The molecule has 1 aliphatic heterocycles. The maximum absolute atomic E-state index is 12.6. The third kappa shape index (κ3) is 3.52. The molecule has 0 bridgehead atoms. The summed E-state index contributed by atoms with van der Waals surface area (Å²) in [6.07, 6.45) is 0.594. The molecule has 0 saturated carbocycles. The van der Waals surface area contributed by atoms with Crippen molar-refractivity contribution in [3.8, 4) is 0 Å². The highest BCUT2D eigenvalue weighted by molar-refractivity contribution is 6.31. The van der Waals surface area contributed by atoms with Crippen LogP contribution >= 0.6 is 11.6 Å². The van der Waals surface area contributed by atoms with Crippen molar-refractivity contribution in [3.05, 3.63) is 65.2 Å². The van der Waals surface area contributed by atoms with Gasteiger partial charge in [-0.3, -0.25) is 9.59 Å². The normalized spacial score (nSPS) is 19.9. The molecule has 2 N–H and O–H groups in total. The van der Waals surface area contributed by atoms with Crippen LogP contribution in [0.4, 0.5) is 5.69 Å². The van der Waals surface area contributed by atoms with Crippen molar-refractivity contribution in [1.29, 1.82) is 0 Å². The van der Waals surface area contributed by atoms with E-state index in [0.29, 0.717) is 30.2 Å². The Kier molecular flexibility index (Phi) is 5.06. The third-order valence-corrected chi connectivity index (χ3v) is 4.75. The minimum Gasteiger partial charge on any atom is -0.372 e. The number of hydrogen-bond donors (Lipinski definition) is 2. The van der Waals surface area contributed by atoms with Crippen molar-refractivity contribution < 1.29 is 14.7 Å². The fourth-order valence-electron chi connectivity index (χ4n) is 2.93. The van der Waals surface area contributed by atoms with Gasteiger partial charge in [-0.2, -0.15) is 0 Å². The lowest BCUT2D eigenvalue weighted by Gasteiger charge is -2.21. The van der Waals surface area contributed by atoms with Gasteiger partial charge in [0.25, 0.3) is 11.8 Å². The maximum atomic E-state index is 12.6. The summed E-state index contributed by atoms with van der Waals surface area (Å²) in [4.78, 5) is 26.4. The molecule has 5 nitrogen and oxygen atoms in total. The number of halogens is 1. The Morgan fingerprint density at radius 2 is 1.84 bits per heavy atom. The zero-order valence-electron chi connectivity index (χ0n) is 13.6. The zero-order chi connectivity index (χ0) is 17.9. The molecule has 130 valence electrons. The first-order valence-corrected chi connectivity index (χ1v) is 8.51. The van der Waals surface area contributed by atoms with Crippen LogP contribution in [0.1, 0.15) is 12.0 Å². The molecule has 1 heterocycles. The van der Waals surface area contributed by atoms with E-state index in [2.05, 4.69) is 5.32 Å². The molecule has 0 spiro atoms. The Morgan fingerprint density at radius 1 is 1.16 bits per heavy atom.